The molecule has 96 valence electrons. The Balaban J connectivity index is 2.56. The number of anilines is 1. The van der Waals surface area contributed by atoms with E-state index in [0.29, 0.717) is 0 Å². The minimum atomic E-state index is -0.707. The molecule has 1 unspecified atom stereocenters. The minimum Gasteiger partial charge on any atom is -0.388 e. The van der Waals surface area contributed by atoms with Crippen LogP contribution in [0.3, 0.4) is 0 Å². The van der Waals surface area contributed by atoms with Gasteiger partial charge in [0.15, 0.2) is 0 Å². The van der Waals surface area contributed by atoms with Crippen LogP contribution in [0.25, 0.3) is 0 Å². The van der Waals surface area contributed by atoms with Crippen LogP contribution in [0.4, 0.5) is 5.69 Å². The molecule has 1 aromatic rings. The normalized spacial score (nSPS) is 13.5. The first-order chi connectivity index (χ1) is 7.93. The third-order valence-electron chi connectivity index (χ3n) is 3.22. The average molecular weight is 235 g/mol. The van der Waals surface area contributed by atoms with Gasteiger partial charge in [0, 0.05) is 5.69 Å². The van der Waals surface area contributed by atoms with E-state index in [-0.39, 0.29) is 6.04 Å². The lowest BCUT2D eigenvalue weighted by molar-refractivity contribution is 0.0649. The van der Waals surface area contributed by atoms with Gasteiger partial charge in [0.25, 0.3) is 0 Å². The summed E-state index contributed by atoms with van der Waals surface area (Å²) in [7, 11) is 0. The number of aryl methyl sites for hydroxylation is 1. The predicted octanol–water partition coefficient (Wildman–Crippen LogP) is 3.60. The molecule has 17 heavy (non-hydrogen) atoms. The number of benzene rings is 1. The molecule has 1 rings (SSSR count). The standard InChI is InChI=1S/C15H25NO/c1-5-6-7-13-8-10-14(11-9-13)16-12(2)15(3,4)17/h8-12,16-17H,5-7H2,1-4H3. The maximum absolute atomic E-state index is 9.86. The van der Waals surface area contributed by atoms with E-state index in [0.717, 1.165) is 12.1 Å². The van der Waals surface area contributed by atoms with Crippen LogP contribution < -0.4 is 5.32 Å². The fraction of sp³-hybridized carbons (Fsp3) is 0.600. The quantitative estimate of drug-likeness (QED) is 0.789. The highest BCUT2D eigenvalue weighted by atomic mass is 16.3. The summed E-state index contributed by atoms with van der Waals surface area (Å²) >= 11 is 0. The molecule has 2 heteroatoms. The molecule has 0 heterocycles. The van der Waals surface area contributed by atoms with E-state index in [4.69, 9.17) is 0 Å². The molecule has 0 aliphatic heterocycles. The van der Waals surface area contributed by atoms with Crippen molar-refractivity contribution in [3.05, 3.63) is 29.8 Å². The molecule has 0 aliphatic carbocycles. The summed E-state index contributed by atoms with van der Waals surface area (Å²) in [6, 6.07) is 8.54. The van der Waals surface area contributed by atoms with Crippen molar-refractivity contribution in [3.8, 4) is 0 Å². The Morgan fingerprint density at radius 2 is 1.82 bits per heavy atom. The zero-order chi connectivity index (χ0) is 12.9. The number of rotatable bonds is 6. The van der Waals surface area contributed by atoms with E-state index in [2.05, 4.69) is 36.5 Å². The number of aliphatic hydroxyl groups is 1. The van der Waals surface area contributed by atoms with Crippen LogP contribution in [0, 0.1) is 0 Å². The Labute approximate surface area is 105 Å². The fourth-order valence-corrected chi connectivity index (χ4v) is 1.58. The van der Waals surface area contributed by atoms with Crippen molar-refractivity contribution >= 4 is 5.69 Å². The van der Waals surface area contributed by atoms with Crippen molar-refractivity contribution in [3.63, 3.8) is 0 Å². The second-order valence-corrected chi connectivity index (χ2v) is 5.32. The Hall–Kier alpha value is -1.02. The number of hydrogen-bond acceptors (Lipinski definition) is 2. The van der Waals surface area contributed by atoms with Crippen molar-refractivity contribution in [2.75, 3.05) is 5.32 Å². The van der Waals surface area contributed by atoms with Crippen LogP contribution in [0.15, 0.2) is 24.3 Å². The van der Waals surface area contributed by atoms with Crippen LogP contribution in [-0.4, -0.2) is 16.7 Å². The van der Waals surface area contributed by atoms with Gasteiger partial charge in [-0.25, -0.2) is 0 Å². The van der Waals surface area contributed by atoms with E-state index in [1.54, 1.807) is 0 Å². The SMILES string of the molecule is CCCCc1ccc(NC(C)C(C)(C)O)cc1. The zero-order valence-corrected chi connectivity index (χ0v) is 11.5. The van der Waals surface area contributed by atoms with E-state index in [1.165, 1.54) is 18.4 Å². The van der Waals surface area contributed by atoms with Crippen molar-refractivity contribution in [2.45, 2.75) is 58.6 Å². The molecule has 2 nitrogen and oxygen atoms in total. The van der Waals surface area contributed by atoms with Gasteiger partial charge in [-0.3, -0.25) is 0 Å². The van der Waals surface area contributed by atoms with Gasteiger partial charge in [-0.1, -0.05) is 25.5 Å². The first kappa shape index (κ1) is 14.0. The van der Waals surface area contributed by atoms with E-state index >= 15 is 0 Å². The molecule has 0 saturated heterocycles. The van der Waals surface area contributed by atoms with Crippen molar-refractivity contribution in [1.29, 1.82) is 0 Å². The predicted molar refractivity (Wildman–Crippen MR) is 74.4 cm³/mol. The van der Waals surface area contributed by atoms with Crippen molar-refractivity contribution < 1.29 is 5.11 Å². The highest BCUT2D eigenvalue weighted by Crippen LogP contribution is 2.17. The van der Waals surface area contributed by atoms with Gasteiger partial charge < -0.3 is 10.4 Å². The maximum atomic E-state index is 9.86. The van der Waals surface area contributed by atoms with Crippen LogP contribution in [0.2, 0.25) is 0 Å². The highest BCUT2D eigenvalue weighted by Gasteiger charge is 2.21. The van der Waals surface area contributed by atoms with Crippen LogP contribution in [0.5, 0.6) is 0 Å². The molecule has 2 N–H and O–H groups in total. The molecule has 1 aromatic carbocycles. The Bertz CT molecular complexity index is 324. The average Bonchev–Trinajstić information content (AvgIpc) is 2.27. The lowest BCUT2D eigenvalue weighted by atomic mass is 10.0. The summed E-state index contributed by atoms with van der Waals surface area (Å²) in [5, 5.41) is 13.2. The zero-order valence-electron chi connectivity index (χ0n) is 11.5. The van der Waals surface area contributed by atoms with Gasteiger partial charge in [-0.15, -0.1) is 0 Å². The molecule has 0 saturated carbocycles. The molecular formula is C15H25NO. The van der Waals surface area contributed by atoms with Gasteiger partial charge in [-0.05, 0) is 51.3 Å². The molecule has 0 radical (unpaired) electrons. The molecule has 0 spiro atoms. The Morgan fingerprint density at radius 3 is 2.29 bits per heavy atom. The van der Waals surface area contributed by atoms with Crippen LogP contribution >= 0.6 is 0 Å². The molecule has 0 aromatic heterocycles. The summed E-state index contributed by atoms with van der Waals surface area (Å²) in [4.78, 5) is 0. The third kappa shape index (κ3) is 4.78. The van der Waals surface area contributed by atoms with Crippen molar-refractivity contribution in [2.24, 2.45) is 0 Å². The minimum absolute atomic E-state index is 0.0315. The second kappa shape index (κ2) is 6.06. The van der Waals surface area contributed by atoms with E-state index in [1.807, 2.05) is 20.8 Å². The number of hydrogen-bond donors (Lipinski definition) is 2. The largest absolute Gasteiger partial charge is 0.388 e. The van der Waals surface area contributed by atoms with E-state index in [9.17, 15) is 5.11 Å². The maximum Gasteiger partial charge on any atom is 0.0789 e. The molecule has 0 fully saturated rings. The lowest BCUT2D eigenvalue weighted by Crippen LogP contribution is -2.39. The van der Waals surface area contributed by atoms with Gasteiger partial charge >= 0.3 is 0 Å². The van der Waals surface area contributed by atoms with Gasteiger partial charge in [0.05, 0.1) is 11.6 Å². The highest BCUT2D eigenvalue weighted by molar-refractivity contribution is 5.45. The topological polar surface area (TPSA) is 32.3 Å². The summed E-state index contributed by atoms with van der Waals surface area (Å²) < 4.78 is 0. The lowest BCUT2D eigenvalue weighted by Gasteiger charge is -2.27. The molecular weight excluding hydrogens is 210 g/mol. The van der Waals surface area contributed by atoms with Gasteiger partial charge in [-0.2, -0.15) is 0 Å². The molecule has 1 atom stereocenters. The monoisotopic (exact) mass is 235 g/mol. The Kier molecular flexibility index (Phi) is 5.01. The molecule has 0 amide bonds. The van der Waals surface area contributed by atoms with Crippen LogP contribution in [0.1, 0.15) is 46.1 Å². The smallest absolute Gasteiger partial charge is 0.0789 e. The van der Waals surface area contributed by atoms with Gasteiger partial charge in [0.1, 0.15) is 0 Å². The Morgan fingerprint density at radius 1 is 1.24 bits per heavy atom. The van der Waals surface area contributed by atoms with E-state index < -0.39 is 5.60 Å². The summed E-state index contributed by atoms with van der Waals surface area (Å²) in [5.74, 6) is 0. The molecule has 0 bridgehead atoms. The summed E-state index contributed by atoms with van der Waals surface area (Å²) in [5.41, 5.74) is 1.74. The first-order valence-corrected chi connectivity index (χ1v) is 6.51. The number of unbranched alkanes of at least 4 members (excludes halogenated alkanes) is 1. The summed E-state index contributed by atoms with van der Waals surface area (Å²) in [6.45, 7) is 7.84. The summed E-state index contributed by atoms with van der Waals surface area (Å²) in [6.07, 6.45) is 3.63. The molecule has 0 aliphatic rings. The third-order valence-corrected chi connectivity index (χ3v) is 3.22. The first-order valence-electron chi connectivity index (χ1n) is 6.51. The number of nitrogens with one attached hydrogen (secondary N) is 1. The fourth-order valence-electron chi connectivity index (χ4n) is 1.58. The van der Waals surface area contributed by atoms with Crippen LogP contribution in [-0.2, 0) is 6.42 Å². The van der Waals surface area contributed by atoms with Gasteiger partial charge in [0.2, 0.25) is 0 Å². The van der Waals surface area contributed by atoms with Crippen molar-refractivity contribution in [1.82, 2.24) is 0 Å². The second-order valence-electron chi connectivity index (χ2n) is 5.32.